The Morgan fingerprint density at radius 1 is 1.00 bits per heavy atom. The Balaban J connectivity index is 0. The lowest BCUT2D eigenvalue weighted by atomic mass is 10.3. The largest absolute Gasteiger partial charge is 1.00 e. The number of halogens is 1. The van der Waals surface area contributed by atoms with Gasteiger partial charge < -0.3 is 26.9 Å². The van der Waals surface area contributed by atoms with Crippen molar-refractivity contribution >= 4 is 6.09 Å². The van der Waals surface area contributed by atoms with Crippen molar-refractivity contribution in [2.75, 3.05) is 39.3 Å². The molecular weight excluding hydrogens is 276 g/mol. The van der Waals surface area contributed by atoms with Gasteiger partial charge in [-0.05, 0) is 26.7 Å². The van der Waals surface area contributed by atoms with Crippen LogP contribution in [0.4, 0.5) is 4.79 Å². The van der Waals surface area contributed by atoms with Crippen molar-refractivity contribution in [2.45, 2.75) is 53.4 Å². The van der Waals surface area contributed by atoms with Crippen molar-refractivity contribution < 1.29 is 26.8 Å². The molecular formula is C15H33ClN2O2. The Morgan fingerprint density at radius 3 is 1.90 bits per heavy atom. The topological polar surface area (TPSA) is 34.0 Å². The molecule has 0 heterocycles. The van der Waals surface area contributed by atoms with Crippen LogP contribution in [0.5, 0.6) is 0 Å². The molecule has 5 heteroatoms. The van der Waals surface area contributed by atoms with Crippen LogP contribution in [-0.2, 0) is 4.74 Å². The summed E-state index contributed by atoms with van der Waals surface area (Å²) in [4.78, 5) is 15.3. The molecule has 0 aliphatic carbocycles. The van der Waals surface area contributed by atoms with Crippen LogP contribution in [0.1, 0.15) is 53.4 Å². The van der Waals surface area contributed by atoms with Crippen LogP contribution < -0.4 is 17.3 Å². The van der Waals surface area contributed by atoms with Gasteiger partial charge in [0.1, 0.15) is 13.2 Å². The highest BCUT2D eigenvalue weighted by molar-refractivity contribution is 5.67. The summed E-state index contributed by atoms with van der Waals surface area (Å²) in [5, 5.41) is 0. The minimum atomic E-state index is -0.131. The Bertz CT molecular complexity index is 216. The average Bonchev–Trinajstić information content (AvgIpc) is 2.43. The number of amides is 1. The Kier molecular flexibility index (Phi) is 16.3. The summed E-state index contributed by atoms with van der Waals surface area (Å²) >= 11 is 0. The van der Waals surface area contributed by atoms with E-state index in [4.69, 9.17) is 4.74 Å². The number of nitrogens with zero attached hydrogens (tertiary/aromatic N) is 1. The highest BCUT2D eigenvalue weighted by Crippen LogP contribution is 2.01. The first kappa shape index (κ1) is 21.8. The molecule has 0 aliphatic heterocycles. The molecule has 4 nitrogen and oxygen atoms in total. The summed E-state index contributed by atoms with van der Waals surface area (Å²) in [7, 11) is 0. The molecule has 0 aromatic rings. The van der Waals surface area contributed by atoms with Gasteiger partial charge in [-0.3, -0.25) is 0 Å². The van der Waals surface area contributed by atoms with Gasteiger partial charge in [-0.1, -0.05) is 26.7 Å². The molecule has 20 heavy (non-hydrogen) atoms. The van der Waals surface area contributed by atoms with Crippen LogP contribution in [0.25, 0.3) is 0 Å². The molecule has 0 bridgehead atoms. The molecule has 1 amide bonds. The van der Waals surface area contributed by atoms with Crippen molar-refractivity contribution in [2.24, 2.45) is 0 Å². The first-order chi connectivity index (χ1) is 9.19. The van der Waals surface area contributed by atoms with E-state index in [-0.39, 0.29) is 18.5 Å². The molecule has 122 valence electrons. The fourth-order valence-electron chi connectivity index (χ4n) is 1.97. The van der Waals surface area contributed by atoms with E-state index in [2.05, 4.69) is 27.7 Å². The number of carbonyl (C=O) groups excluding carboxylic acids is 1. The monoisotopic (exact) mass is 308 g/mol. The van der Waals surface area contributed by atoms with Gasteiger partial charge in [0.2, 0.25) is 0 Å². The van der Waals surface area contributed by atoms with Gasteiger partial charge in [-0.25, -0.2) is 4.79 Å². The van der Waals surface area contributed by atoms with Crippen LogP contribution in [0.15, 0.2) is 0 Å². The number of carbonyl (C=O) groups is 1. The van der Waals surface area contributed by atoms with Gasteiger partial charge >= 0.3 is 6.09 Å². The first-order valence-corrected chi connectivity index (χ1v) is 7.94. The third-order valence-electron chi connectivity index (χ3n) is 3.50. The van der Waals surface area contributed by atoms with E-state index in [1.54, 1.807) is 0 Å². The normalized spacial score (nSPS) is 10.2. The maximum atomic E-state index is 12.0. The zero-order valence-corrected chi connectivity index (χ0v) is 14.5. The van der Waals surface area contributed by atoms with E-state index >= 15 is 0 Å². The zero-order valence-electron chi connectivity index (χ0n) is 13.7. The van der Waals surface area contributed by atoms with Gasteiger partial charge in [-0.2, -0.15) is 0 Å². The SMILES string of the molecule is CCCCN(CCCC)C(=O)OCC[NH+](CC)CC.[Cl-]. The van der Waals surface area contributed by atoms with Crippen LogP contribution in [0.3, 0.4) is 0 Å². The van der Waals surface area contributed by atoms with Crippen LogP contribution in [0, 0.1) is 0 Å². The quantitative estimate of drug-likeness (QED) is 0.529. The second-order valence-corrected chi connectivity index (χ2v) is 5.02. The number of hydrogen-bond acceptors (Lipinski definition) is 2. The minimum absolute atomic E-state index is 0. The van der Waals surface area contributed by atoms with Gasteiger partial charge in [-0.15, -0.1) is 0 Å². The molecule has 0 saturated heterocycles. The molecule has 0 aromatic carbocycles. The number of unbranched alkanes of at least 4 members (excludes halogenated alkanes) is 2. The van der Waals surface area contributed by atoms with E-state index < -0.39 is 0 Å². The molecule has 0 aliphatic rings. The lowest BCUT2D eigenvalue weighted by Gasteiger charge is -2.22. The molecule has 0 spiro atoms. The predicted molar refractivity (Wildman–Crippen MR) is 79.6 cm³/mol. The number of hydrogen-bond donors (Lipinski definition) is 1. The standard InChI is InChI=1S/C15H32N2O2.ClH/c1-5-9-11-17(12-10-6-2)15(18)19-14-13-16(7-3)8-4;/h5-14H2,1-4H3;1H. The molecule has 1 N–H and O–H groups in total. The minimum Gasteiger partial charge on any atom is -1.00 e. The fraction of sp³-hybridized carbons (Fsp3) is 0.933. The van der Waals surface area contributed by atoms with Gasteiger partial charge in [0.25, 0.3) is 0 Å². The third kappa shape index (κ3) is 10.3. The number of likely N-dealkylation sites (N-methyl/N-ethyl adjacent to an activating group) is 1. The van der Waals surface area contributed by atoms with E-state index in [0.717, 1.165) is 58.4 Å². The van der Waals surface area contributed by atoms with Crippen LogP contribution in [0.2, 0.25) is 0 Å². The summed E-state index contributed by atoms with van der Waals surface area (Å²) in [6.07, 6.45) is 4.20. The van der Waals surface area contributed by atoms with Crippen LogP contribution >= 0.6 is 0 Å². The molecule has 0 saturated carbocycles. The van der Waals surface area contributed by atoms with Crippen molar-refractivity contribution in [1.82, 2.24) is 4.90 Å². The van der Waals surface area contributed by atoms with Gasteiger partial charge in [0, 0.05) is 13.1 Å². The van der Waals surface area contributed by atoms with E-state index in [1.165, 1.54) is 4.90 Å². The maximum Gasteiger partial charge on any atom is 0.409 e. The molecule has 0 atom stereocenters. The van der Waals surface area contributed by atoms with Crippen LogP contribution in [-0.4, -0.2) is 50.3 Å². The fourth-order valence-corrected chi connectivity index (χ4v) is 1.97. The lowest BCUT2D eigenvalue weighted by molar-refractivity contribution is -0.896. The molecule has 0 rings (SSSR count). The summed E-state index contributed by atoms with van der Waals surface area (Å²) in [5.74, 6) is 0. The highest BCUT2D eigenvalue weighted by Gasteiger charge is 2.14. The summed E-state index contributed by atoms with van der Waals surface area (Å²) in [5.41, 5.74) is 0. The number of nitrogens with one attached hydrogen (secondary N) is 1. The second kappa shape index (κ2) is 14.9. The van der Waals surface area contributed by atoms with E-state index in [1.807, 2.05) is 4.90 Å². The Labute approximate surface area is 131 Å². The number of quaternary nitrogens is 1. The summed E-state index contributed by atoms with van der Waals surface area (Å²) in [6.45, 7) is 13.9. The second-order valence-electron chi connectivity index (χ2n) is 5.02. The summed E-state index contributed by atoms with van der Waals surface area (Å²) in [6, 6.07) is 0. The van der Waals surface area contributed by atoms with E-state index in [9.17, 15) is 4.79 Å². The molecule has 0 unspecified atom stereocenters. The molecule has 0 fully saturated rings. The van der Waals surface area contributed by atoms with Gasteiger partial charge in [0.15, 0.2) is 0 Å². The average molecular weight is 309 g/mol. The molecule has 0 aromatic heterocycles. The first-order valence-electron chi connectivity index (χ1n) is 7.94. The smallest absolute Gasteiger partial charge is 0.409 e. The third-order valence-corrected chi connectivity index (χ3v) is 3.50. The maximum absolute atomic E-state index is 12.0. The van der Waals surface area contributed by atoms with E-state index in [0.29, 0.717) is 6.61 Å². The van der Waals surface area contributed by atoms with Crippen molar-refractivity contribution in [3.8, 4) is 0 Å². The number of ether oxygens (including phenoxy) is 1. The Morgan fingerprint density at radius 2 is 1.50 bits per heavy atom. The summed E-state index contributed by atoms with van der Waals surface area (Å²) < 4.78 is 5.40. The van der Waals surface area contributed by atoms with Crippen molar-refractivity contribution in [1.29, 1.82) is 0 Å². The zero-order chi connectivity index (χ0) is 14.5. The lowest BCUT2D eigenvalue weighted by Crippen LogP contribution is -3.11. The number of rotatable bonds is 11. The Hall–Kier alpha value is -0.480. The molecule has 0 radical (unpaired) electrons. The highest BCUT2D eigenvalue weighted by atomic mass is 35.5. The van der Waals surface area contributed by atoms with Crippen molar-refractivity contribution in [3.63, 3.8) is 0 Å². The van der Waals surface area contributed by atoms with Crippen molar-refractivity contribution in [3.05, 3.63) is 0 Å². The van der Waals surface area contributed by atoms with Gasteiger partial charge in [0.05, 0.1) is 13.1 Å². The predicted octanol–water partition coefficient (Wildman–Crippen LogP) is -1.05.